The second-order valence-electron chi connectivity index (χ2n) is 8.57. The molecule has 6 heteroatoms. The van der Waals surface area contributed by atoms with E-state index in [9.17, 15) is 4.79 Å². The third kappa shape index (κ3) is 3.94. The predicted octanol–water partition coefficient (Wildman–Crippen LogP) is 5.97. The molecule has 162 valence electrons. The fourth-order valence-electron chi connectivity index (χ4n) is 4.24. The smallest absolute Gasteiger partial charge is 0.411 e. The second-order valence-corrected chi connectivity index (χ2v) is 8.57. The van der Waals surface area contributed by atoms with Gasteiger partial charge in [-0.05, 0) is 75.3 Å². The van der Waals surface area contributed by atoms with Crippen molar-refractivity contribution in [1.29, 1.82) is 0 Å². The highest BCUT2D eigenvalue weighted by molar-refractivity contribution is 6.02. The Morgan fingerprint density at radius 3 is 2.55 bits per heavy atom. The molecule has 2 aromatic carbocycles. The van der Waals surface area contributed by atoms with Crippen molar-refractivity contribution >= 4 is 28.4 Å². The summed E-state index contributed by atoms with van der Waals surface area (Å²) in [7, 11) is 0. The number of nitrogens with two attached hydrogens (primary N) is 1. The first-order valence-corrected chi connectivity index (χ1v) is 11.2. The maximum Gasteiger partial charge on any atom is 0.411 e. The monoisotopic (exact) mass is 419 g/mol. The zero-order valence-corrected chi connectivity index (χ0v) is 17.9. The van der Waals surface area contributed by atoms with E-state index in [2.05, 4.69) is 16.0 Å². The van der Waals surface area contributed by atoms with Gasteiger partial charge in [0.1, 0.15) is 5.75 Å². The van der Waals surface area contributed by atoms with E-state index < -0.39 is 6.09 Å². The Morgan fingerprint density at radius 2 is 1.90 bits per heavy atom. The van der Waals surface area contributed by atoms with Crippen LogP contribution in [0.15, 0.2) is 42.5 Å². The lowest BCUT2D eigenvalue weighted by atomic mass is 9.92. The van der Waals surface area contributed by atoms with Crippen molar-refractivity contribution < 1.29 is 14.3 Å². The number of nitrogens with zero attached hydrogens (tertiary/aromatic N) is 1. The van der Waals surface area contributed by atoms with Gasteiger partial charge in [-0.1, -0.05) is 12.1 Å². The Morgan fingerprint density at radius 1 is 1.13 bits per heavy atom. The third-order valence-electron chi connectivity index (χ3n) is 6.32. The van der Waals surface area contributed by atoms with E-state index in [0.29, 0.717) is 30.9 Å². The highest BCUT2D eigenvalue weighted by Gasteiger charge is 2.27. The second kappa shape index (κ2) is 8.17. The maximum absolute atomic E-state index is 12.0. The summed E-state index contributed by atoms with van der Waals surface area (Å²) in [4.78, 5) is 12.0. The molecule has 0 radical (unpaired) electrons. The van der Waals surface area contributed by atoms with Gasteiger partial charge in [0.25, 0.3) is 0 Å². The van der Waals surface area contributed by atoms with E-state index >= 15 is 0 Å². The van der Waals surface area contributed by atoms with Gasteiger partial charge in [-0.3, -0.25) is 5.32 Å². The number of nitrogens with one attached hydrogen (secondary N) is 1. The van der Waals surface area contributed by atoms with Crippen molar-refractivity contribution in [3.8, 4) is 17.0 Å². The Balaban J connectivity index is 1.45. The summed E-state index contributed by atoms with van der Waals surface area (Å²) in [5.41, 5.74) is 11.4. The van der Waals surface area contributed by atoms with Crippen LogP contribution in [0.25, 0.3) is 22.2 Å². The molecule has 3 aromatic rings. The number of amides is 1. The Labute approximate surface area is 182 Å². The van der Waals surface area contributed by atoms with Gasteiger partial charge in [0.05, 0.1) is 30.1 Å². The van der Waals surface area contributed by atoms with Crippen LogP contribution in [0.5, 0.6) is 5.75 Å². The van der Waals surface area contributed by atoms with Crippen LogP contribution in [0, 0.1) is 5.92 Å². The zero-order chi connectivity index (χ0) is 21.4. The molecule has 0 bridgehead atoms. The van der Waals surface area contributed by atoms with Gasteiger partial charge < -0.3 is 19.8 Å². The summed E-state index contributed by atoms with van der Waals surface area (Å²) in [6.07, 6.45) is 5.49. The molecule has 0 spiro atoms. The first-order chi connectivity index (χ1) is 15.1. The largest absolute Gasteiger partial charge is 0.494 e. The molecule has 3 N–H and O–H groups in total. The topological polar surface area (TPSA) is 78.5 Å². The molecule has 31 heavy (non-hydrogen) atoms. The predicted molar refractivity (Wildman–Crippen MR) is 124 cm³/mol. The van der Waals surface area contributed by atoms with Crippen molar-refractivity contribution in [1.82, 2.24) is 4.57 Å². The standard InChI is InChI=1S/C25H29N3O3/c1-2-30-20-12-13-22-21(14-20)23(26)24(28(22)19-4-3-5-19)17-8-10-18(11-9-17)27-25(29)31-15-16-6-7-16/h8-14,16,19H,2-7,15,26H2,1H3,(H,27,29). The van der Waals surface area contributed by atoms with E-state index in [1.54, 1.807) is 0 Å². The number of anilines is 2. The molecule has 2 fully saturated rings. The summed E-state index contributed by atoms with van der Waals surface area (Å²) in [6.45, 7) is 3.11. The number of aromatic nitrogens is 1. The first-order valence-electron chi connectivity index (χ1n) is 11.2. The van der Waals surface area contributed by atoms with Crippen molar-refractivity contribution in [2.45, 2.75) is 45.1 Å². The summed E-state index contributed by atoms with van der Waals surface area (Å²) in [6, 6.07) is 14.5. The summed E-state index contributed by atoms with van der Waals surface area (Å²) >= 11 is 0. The molecular formula is C25H29N3O3. The minimum Gasteiger partial charge on any atom is -0.494 e. The van der Waals surface area contributed by atoms with Gasteiger partial charge in [0.2, 0.25) is 0 Å². The summed E-state index contributed by atoms with van der Waals surface area (Å²) in [5, 5.41) is 3.84. The Bertz CT molecular complexity index is 1100. The van der Waals surface area contributed by atoms with Gasteiger partial charge in [0.15, 0.2) is 0 Å². The molecule has 2 aliphatic rings. The van der Waals surface area contributed by atoms with Crippen LogP contribution in [0.3, 0.4) is 0 Å². The minimum atomic E-state index is -0.397. The number of rotatable bonds is 7. The van der Waals surface area contributed by atoms with Crippen molar-refractivity contribution in [3.63, 3.8) is 0 Å². The van der Waals surface area contributed by atoms with Gasteiger partial charge in [-0.25, -0.2) is 4.79 Å². The summed E-state index contributed by atoms with van der Waals surface area (Å²) < 4.78 is 13.3. The highest BCUT2D eigenvalue weighted by Crippen LogP contribution is 2.44. The van der Waals surface area contributed by atoms with Gasteiger partial charge >= 0.3 is 6.09 Å². The van der Waals surface area contributed by atoms with E-state index in [0.717, 1.165) is 59.3 Å². The van der Waals surface area contributed by atoms with Gasteiger partial charge in [-0.2, -0.15) is 0 Å². The molecule has 0 aliphatic heterocycles. The van der Waals surface area contributed by atoms with Crippen LogP contribution in [-0.4, -0.2) is 23.9 Å². The van der Waals surface area contributed by atoms with E-state index in [4.69, 9.17) is 15.2 Å². The number of carbonyl (C=O) groups is 1. The number of fused-ring (bicyclic) bond motifs is 1. The molecule has 1 amide bonds. The third-order valence-corrected chi connectivity index (χ3v) is 6.32. The van der Waals surface area contributed by atoms with E-state index in [1.165, 1.54) is 6.42 Å². The maximum atomic E-state index is 12.0. The number of carbonyl (C=O) groups excluding carboxylic acids is 1. The van der Waals surface area contributed by atoms with Crippen molar-refractivity contribution in [2.24, 2.45) is 5.92 Å². The molecule has 6 nitrogen and oxygen atoms in total. The fraction of sp³-hybridized carbons (Fsp3) is 0.400. The lowest BCUT2D eigenvalue weighted by molar-refractivity contribution is 0.156. The van der Waals surface area contributed by atoms with Crippen LogP contribution < -0.4 is 15.8 Å². The lowest BCUT2D eigenvalue weighted by Gasteiger charge is -2.30. The number of benzene rings is 2. The van der Waals surface area contributed by atoms with Gasteiger partial charge in [-0.15, -0.1) is 0 Å². The average molecular weight is 420 g/mol. The Kier molecular flexibility index (Phi) is 5.22. The zero-order valence-electron chi connectivity index (χ0n) is 17.9. The minimum absolute atomic E-state index is 0.397. The van der Waals surface area contributed by atoms with Crippen molar-refractivity contribution in [3.05, 3.63) is 42.5 Å². The Hall–Kier alpha value is -3.15. The van der Waals surface area contributed by atoms with E-state index in [-0.39, 0.29) is 0 Å². The lowest BCUT2D eigenvalue weighted by Crippen LogP contribution is -2.18. The number of hydrogen-bond acceptors (Lipinski definition) is 4. The molecule has 2 saturated carbocycles. The highest BCUT2D eigenvalue weighted by atomic mass is 16.5. The van der Waals surface area contributed by atoms with Crippen LogP contribution in [-0.2, 0) is 4.74 Å². The van der Waals surface area contributed by atoms with Crippen LogP contribution in [0.1, 0.15) is 45.1 Å². The number of ether oxygens (including phenoxy) is 2. The molecule has 5 rings (SSSR count). The quantitative estimate of drug-likeness (QED) is 0.494. The van der Waals surface area contributed by atoms with Crippen molar-refractivity contribution in [2.75, 3.05) is 24.3 Å². The number of nitrogen functional groups attached to an aromatic ring is 1. The molecule has 1 heterocycles. The molecule has 0 saturated heterocycles. The van der Waals surface area contributed by atoms with Gasteiger partial charge in [0, 0.05) is 22.7 Å². The molecule has 0 atom stereocenters. The van der Waals surface area contributed by atoms with Crippen LogP contribution >= 0.6 is 0 Å². The normalized spacial score (nSPS) is 16.2. The molecule has 1 aromatic heterocycles. The first kappa shape index (κ1) is 19.8. The SMILES string of the molecule is CCOc1ccc2c(c1)c(N)c(-c1ccc(NC(=O)OCC3CC3)cc1)n2C1CCC1. The van der Waals surface area contributed by atoms with Crippen LogP contribution in [0.4, 0.5) is 16.2 Å². The average Bonchev–Trinajstić information content (AvgIpc) is 3.52. The number of hydrogen-bond donors (Lipinski definition) is 2. The molecular weight excluding hydrogens is 390 g/mol. The molecule has 0 unspecified atom stereocenters. The van der Waals surface area contributed by atoms with E-state index in [1.807, 2.05) is 43.3 Å². The van der Waals surface area contributed by atoms with Crippen LogP contribution in [0.2, 0.25) is 0 Å². The summed E-state index contributed by atoms with van der Waals surface area (Å²) in [5.74, 6) is 1.39. The fourth-order valence-corrected chi connectivity index (χ4v) is 4.24. The molecule has 2 aliphatic carbocycles.